The van der Waals surface area contributed by atoms with Gasteiger partial charge < -0.3 is 0 Å². The van der Waals surface area contributed by atoms with E-state index in [0.717, 1.165) is 10.6 Å². The quantitative estimate of drug-likeness (QED) is 0.505. The largest absolute Gasteiger partial charge is 0.292 e. The molecular formula is C13H16N4S. The molecule has 0 atom stereocenters. The van der Waals surface area contributed by atoms with Gasteiger partial charge in [-0.25, -0.2) is 15.8 Å². The Morgan fingerprint density at radius 3 is 2.67 bits per heavy atom. The number of benzene rings is 1. The first-order chi connectivity index (χ1) is 8.60. The van der Waals surface area contributed by atoms with Crippen LogP contribution < -0.4 is 11.3 Å². The predicted octanol–water partition coefficient (Wildman–Crippen LogP) is 2.84. The van der Waals surface area contributed by atoms with E-state index in [1.54, 1.807) is 18.0 Å². The monoisotopic (exact) mass is 260 g/mol. The van der Waals surface area contributed by atoms with Crippen molar-refractivity contribution in [3.05, 3.63) is 41.1 Å². The molecule has 0 aliphatic rings. The Kier molecular flexibility index (Phi) is 3.84. The lowest BCUT2D eigenvalue weighted by Gasteiger charge is -2.09. The van der Waals surface area contributed by atoms with Gasteiger partial charge in [0.2, 0.25) is 5.95 Å². The molecule has 1 aromatic heterocycles. The first-order valence-electron chi connectivity index (χ1n) is 5.65. The van der Waals surface area contributed by atoms with Gasteiger partial charge in [-0.15, -0.1) is 0 Å². The number of hydrogen-bond donors (Lipinski definition) is 2. The van der Waals surface area contributed by atoms with Crippen molar-refractivity contribution in [2.75, 3.05) is 5.43 Å². The Hall–Kier alpha value is -1.59. The Morgan fingerprint density at radius 1 is 1.17 bits per heavy atom. The van der Waals surface area contributed by atoms with Crippen LogP contribution >= 0.6 is 11.8 Å². The van der Waals surface area contributed by atoms with Crippen LogP contribution in [0.1, 0.15) is 16.7 Å². The molecule has 0 saturated carbocycles. The minimum absolute atomic E-state index is 0.438. The van der Waals surface area contributed by atoms with E-state index in [9.17, 15) is 0 Å². The standard InChI is InChI=1S/C13H16N4S/c1-8-4-5-9(2)11(6-8)18-12-10(3)7-15-13(16-12)17-14/h4-7H,14H2,1-3H3,(H,15,16,17). The van der Waals surface area contributed by atoms with Crippen molar-refractivity contribution < 1.29 is 0 Å². The molecule has 0 spiro atoms. The first-order valence-corrected chi connectivity index (χ1v) is 6.47. The molecule has 1 aromatic carbocycles. The number of nitrogen functional groups attached to an aromatic ring is 1. The van der Waals surface area contributed by atoms with E-state index in [1.807, 2.05) is 6.92 Å². The van der Waals surface area contributed by atoms with Gasteiger partial charge in [-0.1, -0.05) is 23.9 Å². The molecule has 94 valence electrons. The van der Waals surface area contributed by atoms with Crippen LogP contribution in [0.3, 0.4) is 0 Å². The Bertz CT molecular complexity index is 569. The lowest BCUT2D eigenvalue weighted by atomic mass is 10.2. The first kappa shape index (κ1) is 12.9. The normalized spacial score (nSPS) is 10.4. The summed E-state index contributed by atoms with van der Waals surface area (Å²) < 4.78 is 0. The van der Waals surface area contributed by atoms with Gasteiger partial charge in [-0.2, -0.15) is 0 Å². The molecule has 18 heavy (non-hydrogen) atoms. The second-order valence-electron chi connectivity index (χ2n) is 4.20. The number of hydrogen-bond acceptors (Lipinski definition) is 5. The molecule has 2 aromatic rings. The summed E-state index contributed by atoms with van der Waals surface area (Å²) in [6.45, 7) is 6.18. The highest BCUT2D eigenvalue weighted by molar-refractivity contribution is 7.99. The maximum atomic E-state index is 5.33. The van der Waals surface area contributed by atoms with Gasteiger partial charge in [0.1, 0.15) is 5.03 Å². The molecule has 0 fully saturated rings. The topological polar surface area (TPSA) is 63.8 Å². The van der Waals surface area contributed by atoms with Crippen molar-refractivity contribution in [3.63, 3.8) is 0 Å². The molecule has 0 aliphatic heterocycles. The van der Waals surface area contributed by atoms with Crippen LogP contribution in [-0.2, 0) is 0 Å². The van der Waals surface area contributed by atoms with Gasteiger partial charge >= 0.3 is 0 Å². The summed E-state index contributed by atoms with van der Waals surface area (Å²) in [5.74, 6) is 5.77. The van der Waals surface area contributed by atoms with Crippen molar-refractivity contribution in [1.29, 1.82) is 0 Å². The van der Waals surface area contributed by atoms with Crippen molar-refractivity contribution in [3.8, 4) is 0 Å². The van der Waals surface area contributed by atoms with E-state index in [4.69, 9.17) is 5.84 Å². The van der Waals surface area contributed by atoms with Crippen molar-refractivity contribution in [2.24, 2.45) is 5.84 Å². The summed E-state index contributed by atoms with van der Waals surface area (Å²) in [7, 11) is 0. The van der Waals surface area contributed by atoms with Crippen molar-refractivity contribution in [1.82, 2.24) is 9.97 Å². The fourth-order valence-electron chi connectivity index (χ4n) is 1.52. The highest BCUT2D eigenvalue weighted by atomic mass is 32.2. The number of nitrogens with zero attached hydrogens (tertiary/aromatic N) is 2. The van der Waals surface area contributed by atoms with E-state index >= 15 is 0 Å². The highest BCUT2D eigenvalue weighted by Crippen LogP contribution is 2.31. The third-order valence-corrected chi connectivity index (χ3v) is 3.87. The Morgan fingerprint density at radius 2 is 1.94 bits per heavy atom. The zero-order chi connectivity index (χ0) is 13.1. The smallest absolute Gasteiger partial charge is 0.238 e. The lowest BCUT2D eigenvalue weighted by molar-refractivity contribution is 0.991. The second kappa shape index (κ2) is 5.37. The number of nitrogens with one attached hydrogen (secondary N) is 1. The van der Waals surface area contributed by atoms with Crippen molar-refractivity contribution in [2.45, 2.75) is 30.7 Å². The second-order valence-corrected chi connectivity index (χ2v) is 5.23. The maximum Gasteiger partial charge on any atom is 0.238 e. The zero-order valence-corrected chi connectivity index (χ0v) is 11.5. The summed E-state index contributed by atoms with van der Waals surface area (Å²) in [6, 6.07) is 6.40. The lowest BCUT2D eigenvalue weighted by Crippen LogP contribution is -2.10. The average Bonchev–Trinajstić information content (AvgIpc) is 2.36. The molecule has 1 heterocycles. The SMILES string of the molecule is Cc1ccc(C)c(Sc2nc(NN)ncc2C)c1. The fourth-order valence-corrected chi connectivity index (χ4v) is 2.55. The molecule has 5 heteroatoms. The van der Waals surface area contributed by atoms with E-state index in [0.29, 0.717) is 5.95 Å². The average molecular weight is 260 g/mol. The van der Waals surface area contributed by atoms with E-state index in [1.165, 1.54) is 16.0 Å². The molecule has 0 radical (unpaired) electrons. The Balaban J connectivity index is 2.36. The number of hydrazine groups is 1. The Labute approximate surface area is 111 Å². The molecule has 0 aliphatic carbocycles. The van der Waals surface area contributed by atoms with Gasteiger partial charge in [0.15, 0.2) is 0 Å². The molecule has 0 unspecified atom stereocenters. The number of rotatable bonds is 3. The summed E-state index contributed by atoms with van der Waals surface area (Å²) >= 11 is 1.64. The minimum Gasteiger partial charge on any atom is -0.292 e. The van der Waals surface area contributed by atoms with Gasteiger partial charge in [-0.3, -0.25) is 5.43 Å². The number of anilines is 1. The molecule has 4 nitrogen and oxygen atoms in total. The third kappa shape index (κ3) is 2.80. The van der Waals surface area contributed by atoms with E-state index in [2.05, 4.69) is 47.4 Å². The molecule has 0 amide bonds. The number of aryl methyl sites for hydroxylation is 3. The fraction of sp³-hybridized carbons (Fsp3) is 0.231. The molecule has 3 N–H and O–H groups in total. The van der Waals surface area contributed by atoms with Crippen LogP contribution in [0.25, 0.3) is 0 Å². The summed E-state index contributed by atoms with van der Waals surface area (Å²) in [4.78, 5) is 9.66. The van der Waals surface area contributed by atoms with E-state index in [-0.39, 0.29) is 0 Å². The van der Waals surface area contributed by atoms with Gasteiger partial charge in [0.05, 0.1) is 0 Å². The van der Waals surface area contributed by atoms with Gasteiger partial charge in [-0.05, 0) is 38.0 Å². The number of nitrogens with two attached hydrogens (primary N) is 1. The van der Waals surface area contributed by atoms with Crippen LogP contribution in [-0.4, -0.2) is 9.97 Å². The van der Waals surface area contributed by atoms with Crippen LogP contribution in [0, 0.1) is 20.8 Å². The van der Waals surface area contributed by atoms with Gasteiger partial charge in [0.25, 0.3) is 0 Å². The van der Waals surface area contributed by atoms with E-state index < -0.39 is 0 Å². The van der Waals surface area contributed by atoms with Crippen LogP contribution in [0.4, 0.5) is 5.95 Å². The van der Waals surface area contributed by atoms with Crippen LogP contribution in [0.2, 0.25) is 0 Å². The molecule has 0 bridgehead atoms. The van der Waals surface area contributed by atoms with Crippen molar-refractivity contribution >= 4 is 17.7 Å². The summed E-state index contributed by atoms with van der Waals surface area (Å²) in [6.07, 6.45) is 1.77. The molecular weight excluding hydrogens is 244 g/mol. The predicted molar refractivity (Wildman–Crippen MR) is 74.6 cm³/mol. The third-order valence-electron chi connectivity index (χ3n) is 2.60. The molecule has 0 saturated heterocycles. The molecule has 2 rings (SSSR count). The van der Waals surface area contributed by atoms with Gasteiger partial charge in [0, 0.05) is 16.7 Å². The summed E-state index contributed by atoms with van der Waals surface area (Å²) in [5.41, 5.74) is 6.00. The van der Waals surface area contributed by atoms with Crippen LogP contribution in [0.15, 0.2) is 34.3 Å². The number of aromatic nitrogens is 2. The minimum atomic E-state index is 0.438. The summed E-state index contributed by atoms with van der Waals surface area (Å²) in [5, 5.41) is 0.923. The van der Waals surface area contributed by atoms with Crippen LogP contribution in [0.5, 0.6) is 0 Å². The zero-order valence-electron chi connectivity index (χ0n) is 10.7. The maximum absolute atomic E-state index is 5.33. The highest BCUT2D eigenvalue weighted by Gasteiger charge is 2.07.